The van der Waals surface area contributed by atoms with E-state index < -0.39 is 9.28 Å². The van der Waals surface area contributed by atoms with Crippen molar-refractivity contribution in [1.29, 1.82) is 0 Å². The average Bonchev–Trinajstić information content (AvgIpc) is 2.68. The van der Waals surface area contributed by atoms with Crippen LogP contribution in [-0.2, 0) is 8.85 Å². The fourth-order valence-corrected chi connectivity index (χ4v) is 4.47. The normalized spacial score (nSPS) is 12.1. The fourth-order valence-electron chi connectivity index (χ4n) is 2.69. The molecular weight excluding hydrogens is 360 g/mol. The van der Waals surface area contributed by atoms with Crippen molar-refractivity contribution in [3.8, 4) is 11.5 Å². The number of hydrogen-bond donors (Lipinski definition) is 1. The lowest BCUT2D eigenvalue weighted by Crippen LogP contribution is -2.41. The number of ketones is 1. The number of hydrogen-bond acceptors (Lipinski definition) is 5. The van der Waals surface area contributed by atoms with E-state index in [0.717, 1.165) is 12.8 Å². The van der Waals surface area contributed by atoms with Crippen LogP contribution in [0, 0.1) is 0 Å². The van der Waals surface area contributed by atoms with Gasteiger partial charge in [0, 0.05) is 24.8 Å². The summed E-state index contributed by atoms with van der Waals surface area (Å²) in [6.07, 6.45) is 1.72. The molecule has 0 aliphatic carbocycles. The zero-order valence-corrected chi connectivity index (χ0v) is 17.1. The van der Waals surface area contributed by atoms with E-state index in [0.29, 0.717) is 24.5 Å². The topological polar surface area (TPSA) is 65.0 Å². The Balaban J connectivity index is 2.18. The maximum absolute atomic E-state index is 12.5. The highest BCUT2D eigenvalue weighted by Gasteiger charge is 2.30. The lowest BCUT2D eigenvalue weighted by Gasteiger charge is -2.24. The summed E-state index contributed by atoms with van der Waals surface area (Å²) in [6, 6.07) is 13.7. The molecule has 145 valence electrons. The summed E-state index contributed by atoms with van der Waals surface area (Å²) in [5.74, 6) is 0.175. The number of ether oxygens (including phenoxy) is 1. The first kappa shape index (κ1) is 21.2. The maximum atomic E-state index is 12.5. The molecule has 0 bridgehead atoms. The summed E-state index contributed by atoms with van der Waals surface area (Å²) in [4.78, 5) is 12.5. The minimum Gasteiger partial charge on any atom is -0.507 e. The summed E-state index contributed by atoms with van der Waals surface area (Å²) in [7, 11) is -1.60. The zero-order valence-electron chi connectivity index (χ0n) is 16.1. The molecular formula is C21H27O5Si. The van der Waals surface area contributed by atoms with Crippen LogP contribution in [0.2, 0.25) is 0 Å². The predicted molar refractivity (Wildman–Crippen MR) is 106 cm³/mol. The number of rotatable bonds is 11. The van der Waals surface area contributed by atoms with E-state index in [1.807, 2.05) is 19.9 Å². The molecule has 27 heavy (non-hydrogen) atoms. The van der Waals surface area contributed by atoms with Crippen LogP contribution in [0.3, 0.4) is 0 Å². The maximum Gasteiger partial charge on any atom is 0.429 e. The van der Waals surface area contributed by atoms with Crippen molar-refractivity contribution in [2.45, 2.75) is 39.3 Å². The Kier molecular flexibility index (Phi) is 8.51. The van der Waals surface area contributed by atoms with Crippen LogP contribution in [-0.4, -0.2) is 39.1 Å². The van der Waals surface area contributed by atoms with Crippen molar-refractivity contribution >= 4 is 15.1 Å². The largest absolute Gasteiger partial charge is 0.507 e. The van der Waals surface area contributed by atoms with Gasteiger partial charge < -0.3 is 18.7 Å². The van der Waals surface area contributed by atoms with E-state index >= 15 is 0 Å². The van der Waals surface area contributed by atoms with Crippen molar-refractivity contribution in [2.75, 3.05) is 13.2 Å². The van der Waals surface area contributed by atoms with Crippen LogP contribution in [0.25, 0.3) is 0 Å². The molecule has 6 heteroatoms. The number of phenolic OH excluding ortho intramolecular Hbond substituents is 1. The van der Waals surface area contributed by atoms with Gasteiger partial charge in [-0.05, 0) is 32.4 Å². The van der Waals surface area contributed by atoms with Crippen LogP contribution < -0.4 is 4.74 Å². The van der Waals surface area contributed by atoms with Gasteiger partial charge in [-0.15, -0.1) is 0 Å². The molecule has 0 saturated carbocycles. The van der Waals surface area contributed by atoms with Gasteiger partial charge in [-0.2, -0.15) is 0 Å². The Labute approximate surface area is 162 Å². The second-order valence-corrected chi connectivity index (χ2v) is 7.81. The smallest absolute Gasteiger partial charge is 0.429 e. The Morgan fingerprint density at radius 1 is 1.04 bits per heavy atom. The fraction of sp³-hybridized carbons (Fsp3) is 0.381. The predicted octanol–water partition coefficient (Wildman–Crippen LogP) is 4.27. The van der Waals surface area contributed by atoms with Crippen molar-refractivity contribution < 1.29 is 23.5 Å². The van der Waals surface area contributed by atoms with Gasteiger partial charge in [-0.25, -0.2) is 0 Å². The molecule has 1 N–H and O–H groups in total. The molecule has 0 aliphatic heterocycles. The third kappa shape index (κ3) is 5.92. The first-order valence-corrected chi connectivity index (χ1v) is 10.7. The van der Waals surface area contributed by atoms with E-state index in [-0.39, 0.29) is 22.8 Å². The number of aromatic hydroxyl groups is 1. The van der Waals surface area contributed by atoms with Crippen LogP contribution in [0.1, 0.15) is 49.5 Å². The van der Waals surface area contributed by atoms with E-state index in [4.69, 9.17) is 13.6 Å². The number of benzene rings is 2. The molecule has 2 aromatic rings. The molecule has 0 fully saturated rings. The third-order valence-corrected chi connectivity index (χ3v) is 5.99. The molecule has 1 unspecified atom stereocenters. The van der Waals surface area contributed by atoms with Gasteiger partial charge in [0.15, 0.2) is 5.78 Å². The van der Waals surface area contributed by atoms with Crippen LogP contribution in [0.15, 0.2) is 48.5 Å². The molecule has 0 aromatic heterocycles. The van der Waals surface area contributed by atoms with Crippen molar-refractivity contribution in [3.05, 3.63) is 59.7 Å². The van der Waals surface area contributed by atoms with Gasteiger partial charge in [0.05, 0.1) is 5.56 Å². The first-order chi connectivity index (χ1) is 13.1. The molecule has 2 rings (SSSR count). The summed E-state index contributed by atoms with van der Waals surface area (Å²) in [5, 5.41) is 10.4. The molecule has 1 radical (unpaired) electrons. The molecule has 0 heterocycles. The Bertz CT molecular complexity index is 714. The van der Waals surface area contributed by atoms with E-state index in [1.54, 1.807) is 36.4 Å². The SMILES string of the molecule is CCCC(Oc1ccc(C(=O)c2ccccc2)c(O)c1)[Si](OCC)OCC. The minimum atomic E-state index is -1.60. The van der Waals surface area contributed by atoms with E-state index in [1.165, 1.54) is 6.07 Å². The molecule has 5 nitrogen and oxygen atoms in total. The Morgan fingerprint density at radius 3 is 2.26 bits per heavy atom. The zero-order chi connectivity index (χ0) is 19.6. The lowest BCUT2D eigenvalue weighted by atomic mass is 10.0. The first-order valence-electron chi connectivity index (χ1n) is 9.32. The van der Waals surface area contributed by atoms with Crippen molar-refractivity contribution in [1.82, 2.24) is 0 Å². The highest BCUT2D eigenvalue weighted by molar-refractivity contribution is 6.46. The standard InChI is InChI=1S/C21H27O5Si/c1-4-10-20(27(24-5-2)25-6-3)26-17-13-14-18(19(22)15-17)21(23)16-11-8-7-9-12-16/h7-9,11-15,20,22H,4-6,10H2,1-3H3. The van der Waals surface area contributed by atoms with Crippen molar-refractivity contribution in [2.24, 2.45) is 0 Å². The number of phenols is 1. The van der Waals surface area contributed by atoms with Gasteiger partial charge in [0.1, 0.15) is 17.2 Å². The average molecular weight is 388 g/mol. The molecule has 0 amide bonds. The lowest BCUT2D eigenvalue weighted by molar-refractivity contribution is 0.103. The van der Waals surface area contributed by atoms with Crippen LogP contribution in [0.4, 0.5) is 0 Å². The molecule has 1 atom stereocenters. The van der Waals surface area contributed by atoms with Crippen molar-refractivity contribution in [3.63, 3.8) is 0 Å². The third-order valence-electron chi connectivity index (χ3n) is 3.92. The van der Waals surface area contributed by atoms with Gasteiger partial charge in [-0.1, -0.05) is 43.7 Å². The summed E-state index contributed by atoms with van der Waals surface area (Å²) >= 11 is 0. The van der Waals surface area contributed by atoms with Gasteiger partial charge in [-0.3, -0.25) is 4.79 Å². The molecule has 0 aliphatic rings. The monoisotopic (exact) mass is 387 g/mol. The Hall–Kier alpha value is -2.15. The van der Waals surface area contributed by atoms with E-state index in [2.05, 4.69) is 6.92 Å². The highest BCUT2D eigenvalue weighted by atomic mass is 28.3. The van der Waals surface area contributed by atoms with E-state index in [9.17, 15) is 9.90 Å². The van der Waals surface area contributed by atoms with Gasteiger partial charge in [0.2, 0.25) is 0 Å². The quantitative estimate of drug-likeness (QED) is 0.461. The molecule has 2 aromatic carbocycles. The second-order valence-electron chi connectivity index (χ2n) is 5.95. The summed E-state index contributed by atoms with van der Waals surface area (Å²) in [6.45, 7) is 7.07. The second kappa shape index (κ2) is 10.9. The summed E-state index contributed by atoms with van der Waals surface area (Å²) in [5.41, 5.74) is 0.583. The number of carbonyl (C=O) groups excluding carboxylic acids is 1. The number of carbonyl (C=O) groups is 1. The van der Waals surface area contributed by atoms with Crippen LogP contribution >= 0.6 is 0 Å². The molecule has 0 spiro atoms. The minimum absolute atomic E-state index is 0.0989. The van der Waals surface area contributed by atoms with Gasteiger partial charge in [0.25, 0.3) is 0 Å². The van der Waals surface area contributed by atoms with Gasteiger partial charge >= 0.3 is 9.28 Å². The summed E-state index contributed by atoms with van der Waals surface area (Å²) < 4.78 is 17.6. The highest BCUT2D eigenvalue weighted by Crippen LogP contribution is 2.27. The van der Waals surface area contributed by atoms with Crippen LogP contribution in [0.5, 0.6) is 11.5 Å². The Morgan fingerprint density at radius 2 is 1.70 bits per heavy atom. The molecule has 0 saturated heterocycles.